The zero-order valence-electron chi connectivity index (χ0n) is 15.6. The topological polar surface area (TPSA) is 49.9 Å². The summed E-state index contributed by atoms with van der Waals surface area (Å²) in [5, 5.41) is 0. The van der Waals surface area contributed by atoms with Gasteiger partial charge in [0, 0.05) is 24.9 Å². The Morgan fingerprint density at radius 3 is 2.11 bits per heavy atom. The van der Waals surface area contributed by atoms with Gasteiger partial charge in [-0.15, -0.1) is 0 Å². The number of ether oxygens (including phenoxy) is 1. The molecule has 1 aliphatic carbocycles. The highest BCUT2D eigenvalue weighted by atomic mass is 19.1. The van der Waals surface area contributed by atoms with Crippen molar-refractivity contribution in [1.82, 2.24) is 9.80 Å². The molecular formula is C21H27FN2O3. The van der Waals surface area contributed by atoms with Crippen LogP contribution in [0.4, 0.5) is 4.39 Å². The summed E-state index contributed by atoms with van der Waals surface area (Å²) in [6.45, 7) is 2.60. The van der Waals surface area contributed by atoms with Gasteiger partial charge in [-0.2, -0.15) is 0 Å². The first-order chi connectivity index (χ1) is 13.1. The van der Waals surface area contributed by atoms with Crippen molar-refractivity contribution in [3.05, 3.63) is 30.1 Å². The van der Waals surface area contributed by atoms with Crippen molar-refractivity contribution in [3.63, 3.8) is 0 Å². The van der Waals surface area contributed by atoms with Gasteiger partial charge in [0.1, 0.15) is 6.10 Å². The minimum atomic E-state index is -0.383. The molecule has 2 saturated heterocycles. The zero-order valence-corrected chi connectivity index (χ0v) is 15.6. The average Bonchev–Trinajstić information content (AvgIpc) is 3.19. The lowest BCUT2D eigenvalue weighted by atomic mass is 9.77. The van der Waals surface area contributed by atoms with E-state index >= 15 is 0 Å². The molecule has 0 radical (unpaired) electrons. The maximum Gasteiger partial charge on any atom is 0.226 e. The van der Waals surface area contributed by atoms with Crippen molar-refractivity contribution < 1.29 is 18.7 Å². The van der Waals surface area contributed by atoms with Crippen LogP contribution in [0.3, 0.4) is 0 Å². The molecule has 27 heavy (non-hydrogen) atoms. The number of halogens is 1. The van der Waals surface area contributed by atoms with Crippen molar-refractivity contribution in [2.24, 2.45) is 11.8 Å². The summed E-state index contributed by atoms with van der Waals surface area (Å²) in [6.07, 6.45) is 5.59. The van der Waals surface area contributed by atoms with Gasteiger partial charge in [-0.3, -0.25) is 9.59 Å². The SMILES string of the molecule is O=C(C1CCCCC1C(=O)N1CC(Oc2ccccc2F)C1)N1CCCC1. The number of rotatable bonds is 4. The van der Waals surface area contributed by atoms with E-state index < -0.39 is 0 Å². The molecule has 0 bridgehead atoms. The number of hydrogen-bond acceptors (Lipinski definition) is 3. The van der Waals surface area contributed by atoms with E-state index in [1.807, 2.05) is 4.90 Å². The maximum atomic E-state index is 13.7. The second-order valence-corrected chi connectivity index (χ2v) is 7.94. The molecule has 0 aromatic heterocycles. The molecule has 1 aromatic carbocycles. The molecule has 4 rings (SSSR count). The second-order valence-electron chi connectivity index (χ2n) is 7.94. The van der Waals surface area contributed by atoms with Gasteiger partial charge >= 0.3 is 0 Å². The van der Waals surface area contributed by atoms with E-state index in [0.717, 1.165) is 51.6 Å². The molecule has 2 unspecified atom stereocenters. The third kappa shape index (κ3) is 3.80. The molecular weight excluding hydrogens is 347 g/mol. The Balaban J connectivity index is 1.34. The van der Waals surface area contributed by atoms with Crippen molar-refractivity contribution in [2.45, 2.75) is 44.6 Å². The molecule has 5 nitrogen and oxygen atoms in total. The highest BCUT2D eigenvalue weighted by molar-refractivity contribution is 5.88. The predicted molar refractivity (Wildman–Crippen MR) is 98.7 cm³/mol. The standard InChI is InChI=1S/C21H27FN2O3/c22-18-9-3-4-10-19(18)27-15-13-24(14-15)21(26)17-8-2-1-7-16(17)20(25)23-11-5-6-12-23/h3-4,9-10,15-17H,1-2,5-8,11-14H2. The molecule has 146 valence electrons. The fraction of sp³-hybridized carbons (Fsp3) is 0.619. The molecule has 2 aliphatic heterocycles. The first-order valence-electron chi connectivity index (χ1n) is 10.1. The molecule has 6 heteroatoms. The highest BCUT2D eigenvalue weighted by Gasteiger charge is 2.43. The third-order valence-corrected chi connectivity index (χ3v) is 6.11. The summed E-state index contributed by atoms with van der Waals surface area (Å²) < 4.78 is 19.4. The summed E-state index contributed by atoms with van der Waals surface area (Å²) >= 11 is 0. The number of amides is 2. The largest absolute Gasteiger partial charge is 0.484 e. The molecule has 2 heterocycles. The van der Waals surface area contributed by atoms with E-state index in [9.17, 15) is 14.0 Å². The second kappa shape index (κ2) is 7.87. The number of para-hydroxylation sites is 1. The van der Waals surface area contributed by atoms with Gasteiger partial charge in [-0.25, -0.2) is 4.39 Å². The smallest absolute Gasteiger partial charge is 0.226 e. The molecule has 1 aromatic rings. The van der Waals surface area contributed by atoms with Gasteiger partial charge in [0.15, 0.2) is 11.6 Å². The van der Waals surface area contributed by atoms with Crippen molar-refractivity contribution in [2.75, 3.05) is 26.2 Å². The van der Waals surface area contributed by atoms with E-state index in [4.69, 9.17) is 4.74 Å². The van der Waals surface area contributed by atoms with Crippen LogP contribution >= 0.6 is 0 Å². The van der Waals surface area contributed by atoms with Crippen LogP contribution in [0.25, 0.3) is 0 Å². The van der Waals surface area contributed by atoms with Crippen LogP contribution in [0.1, 0.15) is 38.5 Å². The number of nitrogens with zero attached hydrogens (tertiary/aromatic N) is 2. The average molecular weight is 374 g/mol. The van der Waals surface area contributed by atoms with Gasteiger partial charge in [0.2, 0.25) is 11.8 Å². The Hall–Kier alpha value is -2.11. The third-order valence-electron chi connectivity index (χ3n) is 6.11. The highest BCUT2D eigenvalue weighted by Crippen LogP contribution is 2.35. The predicted octanol–water partition coefficient (Wildman–Crippen LogP) is 2.84. The lowest BCUT2D eigenvalue weighted by Crippen LogP contribution is -2.59. The summed E-state index contributed by atoms with van der Waals surface area (Å²) in [6, 6.07) is 6.33. The van der Waals surface area contributed by atoms with Crippen LogP contribution in [0, 0.1) is 17.7 Å². The van der Waals surface area contributed by atoms with E-state index in [2.05, 4.69) is 0 Å². The van der Waals surface area contributed by atoms with Gasteiger partial charge < -0.3 is 14.5 Å². The number of carbonyl (C=O) groups is 2. The lowest BCUT2D eigenvalue weighted by molar-refractivity contribution is -0.153. The van der Waals surface area contributed by atoms with Crippen molar-refractivity contribution in [1.29, 1.82) is 0 Å². The van der Waals surface area contributed by atoms with Gasteiger partial charge in [0.25, 0.3) is 0 Å². The first-order valence-corrected chi connectivity index (χ1v) is 10.1. The normalized spacial score (nSPS) is 26.0. The van der Waals surface area contributed by atoms with Crippen LogP contribution in [0.15, 0.2) is 24.3 Å². The Morgan fingerprint density at radius 2 is 1.48 bits per heavy atom. The van der Waals surface area contributed by atoms with Crippen molar-refractivity contribution in [3.8, 4) is 5.75 Å². The van der Waals surface area contributed by atoms with Crippen molar-refractivity contribution >= 4 is 11.8 Å². The fourth-order valence-corrected chi connectivity index (χ4v) is 4.54. The Kier molecular flexibility index (Phi) is 5.32. The lowest BCUT2D eigenvalue weighted by Gasteiger charge is -2.43. The number of hydrogen-bond donors (Lipinski definition) is 0. The first kappa shape index (κ1) is 18.3. The fourth-order valence-electron chi connectivity index (χ4n) is 4.54. The molecule has 1 saturated carbocycles. The van der Waals surface area contributed by atoms with Crippen LogP contribution in [0.5, 0.6) is 5.75 Å². The zero-order chi connectivity index (χ0) is 18.8. The van der Waals surface area contributed by atoms with E-state index in [1.165, 1.54) is 6.07 Å². The Morgan fingerprint density at radius 1 is 0.889 bits per heavy atom. The minimum Gasteiger partial charge on any atom is -0.484 e. The molecule has 0 spiro atoms. The molecule has 0 N–H and O–H groups in total. The molecule has 2 amide bonds. The van der Waals surface area contributed by atoms with Crippen LogP contribution in [-0.2, 0) is 9.59 Å². The minimum absolute atomic E-state index is 0.0700. The van der Waals surface area contributed by atoms with Crippen LogP contribution in [0.2, 0.25) is 0 Å². The maximum absolute atomic E-state index is 13.7. The number of likely N-dealkylation sites (tertiary alicyclic amines) is 2. The summed E-state index contributed by atoms with van der Waals surface area (Å²) in [7, 11) is 0. The Labute approximate surface area is 159 Å². The van der Waals surface area contributed by atoms with E-state index in [0.29, 0.717) is 13.1 Å². The van der Waals surface area contributed by atoms with Crippen LogP contribution in [-0.4, -0.2) is 53.9 Å². The molecule has 3 aliphatic rings. The summed E-state index contributed by atoms with van der Waals surface area (Å²) in [5.74, 6) is -0.289. The van der Waals surface area contributed by atoms with E-state index in [1.54, 1.807) is 23.1 Å². The molecule has 2 atom stereocenters. The monoisotopic (exact) mass is 374 g/mol. The van der Waals surface area contributed by atoms with E-state index in [-0.39, 0.29) is 41.3 Å². The molecule has 3 fully saturated rings. The number of carbonyl (C=O) groups excluding carboxylic acids is 2. The van der Waals surface area contributed by atoms with Gasteiger partial charge in [-0.05, 0) is 37.8 Å². The summed E-state index contributed by atoms with van der Waals surface area (Å²) in [5.41, 5.74) is 0. The quantitative estimate of drug-likeness (QED) is 0.814. The number of benzene rings is 1. The summed E-state index contributed by atoms with van der Waals surface area (Å²) in [4.78, 5) is 29.6. The Bertz CT molecular complexity index is 698. The van der Waals surface area contributed by atoms with Gasteiger partial charge in [0.05, 0.1) is 13.1 Å². The van der Waals surface area contributed by atoms with Gasteiger partial charge in [-0.1, -0.05) is 25.0 Å². The van der Waals surface area contributed by atoms with Crippen LogP contribution < -0.4 is 4.74 Å².